The van der Waals surface area contributed by atoms with Gasteiger partial charge in [0.25, 0.3) is 0 Å². The second-order valence-electron chi connectivity index (χ2n) is 9.99. The molecule has 1 saturated heterocycles. The van der Waals surface area contributed by atoms with Crippen molar-refractivity contribution in [2.75, 3.05) is 16.4 Å². The first-order valence-corrected chi connectivity index (χ1v) is 12.3. The maximum Gasteiger partial charge on any atom is 0.0911 e. The normalized spacial score (nSPS) is 30.2. The fourth-order valence-electron chi connectivity index (χ4n) is 7.15. The molecule has 1 saturated carbocycles. The van der Waals surface area contributed by atoms with Gasteiger partial charge >= 0.3 is 0 Å². The van der Waals surface area contributed by atoms with Crippen LogP contribution >= 0.6 is 0 Å². The van der Waals surface area contributed by atoms with Crippen LogP contribution in [0.5, 0.6) is 0 Å². The first kappa shape index (κ1) is 18.8. The summed E-state index contributed by atoms with van der Waals surface area (Å²) in [6, 6.07) is 29.3. The minimum absolute atomic E-state index is 0.0889. The molecule has 0 spiro atoms. The van der Waals surface area contributed by atoms with Crippen LogP contribution in [0.15, 0.2) is 78.9 Å². The lowest BCUT2D eigenvalue weighted by Crippen LogP contribution is -2.53. The molecule has 4 atom stereocenters. The highest BCUT2D eigenvalue weighted by atomic mass is 15.4. The minimum Gasteiger partial charge on any atom is -0.349 e. The van der Waals surface area contributed by atoms with Crippen LogP contribution in [0.4, 0.5) is 11.4 Å². The van der Waals surface area contributed by atoms with E-state index in [1.54, 1.807) is 0 Å². The molecule has 3 aromatic rings. The minimum atomic E-state index is -0.429. The van der Waals surface area contributed by atoms with Crippen LogP contribution in [0, 0.1) is 12.8 Å². The molecule has 2 aliphatic heterocycles. The molecule has 1 aliphatic carbocycles. The van der Waals surface area contributed by atoms with Gasteiger partial charge in [-0.3, -0.25) is 0 Å². The Labute approximate surface area is 194 Å². The summed E-state index contributed by atoms with van der Waals surface area (Å²) < 4.78 is 9.52. The number of anilines is 2. The zero-order valence-corrected chi connectivity index (χ0v) is 19.2. The highest BCUT2D eigenvalue weighted by Crippen LogP contribution is 2.59. The third-order valence-electron chi connectivity index (χ3n) is 8.43. The molecule has 32 heavy (non-hydrogen) atoms. The molecule has 0 N–H and O–H groups in total. The van der Waals surface area contributed by atoms with Gasteiger partial charge in [0, 0.05) is 22.8 Å². The van der Waals surface area contributed by atoms with Crippen molar-refractivity contribution in [2.24, 2.45) is 5.92 Å². The maximum atomic E-state index is 9.52. The summed E-state index contributed by atoms with van der Waals surface area (Å²) in [5.41, 5.74) is 6.50. The van der Waals surface area contributed by atoms with Crippen LogP contribution in [0.2, 0.25) is 0 Å². The van der Waals surface area contributed by atoms with Gasteiger partial charge in [-0.2, -0.15) is 0 Å². The van der Waals surface area contributed by atoms with Crippen molar-refractivity contribution in [1.82, 2.24) is 0 Å². The van der Waals surface area contributed by atoms with Gasteiger partial charge in [0.15, 0.2) is 0 Å². The van der Waals surface area contributed by atoms with Crippen molar-refractivity contribution in [3.63, 3.8) is 0 Å². The van der Waals surface area contributed by atoms with Crippen LogP contribution < -0.4 is 9.80 Å². The highest BCUT2D eigenvalue weighted by Gasteiger charge is 2.61. The van der Waals surface area contributed by atoms with Gasteiger partial charge < -0.3 is 9.80 Å². The molecule has 3 aromatic carbocycles. The molecular weight excluding hydrogens is 388 g/mol. The topological polar surface area (TPSA) is 6.48 Å². The number of fused-ring (bicyclic) bond motifs is 3. The molecule has 0 bridgehead atoms. The number of benzene rings is 3. The Morgan fingerprint density at radius 1 is 0.781 bits per heavy atom. The summed E-state index contributed by atoms with van der Waals surface area (Å²) in [5, 5.41) is 0. The van der Waals surface area contributed by atoms with Crippen LogP contribution in [0.3, 0.4) is 0 Å². The Kier molecular flexibility index (Phi) is 4.52. The number of para-hydroxylation sites is 2. The van der Waals surface area contributed by atoms with Crippen molar-refractivity contribution in [3.05, 3.63) is 95.6 Å². The maximum absolute atomic E-state index is 9.52. The van der Waals surface area contributed by atoms with E-state index in [0.717, 1.165) is 0 Å². The summed E-state index contributed by atoms with van der Waals surface area (Å²) in [4.78, 5) is 4.82. The third kappa shape index (κ3) is 2.71. The summed E-state index contributed by atoms with van der Waals surface area (Å²) in [7, 11) is 0. The predicted molar refractivity (Wildman–Crippen MR) is 134 cm³/mol. The van der Waals surface area contributed by atoms with Crippen molar-refractivity contribution in [1.29, 1.82) is 0 Å². The summed E-state index contributed by atoms with van der Waals surface area (Å²) in [6.45, 7) is 4.12. The third-order valence-corrected chi connectivity index (χ3v) is 8.43. The Balaban J connectivity index is 1.60. The van der Waals surface area contributed by atoms with E-state index in [2.05, 4.69) is 103 Å². The molecular formula is C30H34N2. The molecule has 164 valence electrons. The predicted octanol–water partition coefficient (Wildman–Crippen LogP) is 6.92. The second kappa shape index (κ2) is 7.69. The fraction of sp³-hybridized carbons (Fsp3) is 0.400. The SMILES string of the molecule is [2H]C1N2c3ccccc3C(c3ccccc3)(C3CCCCC3)C2[C@H](C)N1c1ccccc1C. The zero-order valence-electron chi connectivity index (χ0n) is 20.2. The van der Waals surface area contributed by atoms with E-state index in [4.69, 9.17) is 0 Å². The van der Waals surface area contributed by atoms with Gasteiger partial charge in [-0.1, -0.05) is 86.0 Å². The largest absolute Gasteiger partial charge is 0.349 e. The van der Waals surface area contributed by atoms with Crippen LogP contribution in [0.1, 0.15) is 57.1 Å². The number of hydrogen-bond acceptors (Lipinski definition) is 2. The van der Waals surface area contributed by atoms with Gasteiger partial charge in [0.2, 0.25) is 0 Å². The molecule has 2 fully saturated rings. The average molecular weight is 424 g/mol. The van der Waals surface area contributed by atoms with Gasteiger partial charge in [-0.25, -0.2) is 0 Å². The van der Waals surface area contributed by atoms with E-state index in [9.17, 15) is 1.37 Å². The number of nitrogens with zero attached hydrogens (tertiary/aromatic N) is 2. The molecule has 2 nitrogen and oxygen atoms in total. The Bertz CT molecular complexity index is 1140. The molecule has 6 rings (SSSR count). The number of rotatable bonds is 3. The van der Waals surface area contributed by atoms with Crippen molar-refractivity contribution < 1.29 is 1.37 Å². The van der Waals surface area contributed by atoms with Crippen LogP contribution in [-0.4, -0.2) is 18.7 Å². The Hall–Kier alpha value is -2.74. The molecule has 0 amide bonds. The van der Waals surface area contributed by atoms with Gasteiger partial charge in [0.1, 0.15) is 0 Å². The van der Waals surface area contributed by atoms with E-state index in [1.807, 2.05) is 0 Å². The quantitative estimate of drug-likeness (QED) is 0.451. The van der Waals surface area contributed by atoms with E-state index < -0.39 is 6.64 Å². The zero-order chi connectivity index (χ0) is 22.6. The first-order chi connectivity index (χ1) is 16.2. The lowest BCUT2D eigenvalue weighted by molar-refractivity contribution is 0.210. The molecule has 2 heterocycles. The average Bonchev–Trinajstić information content (AvgIpc) is 3.31. The molecule has 3 aliphatic rings. The Morgan fingerprint density at radius 2 is 1.44 bits per heavy atom. The van der Waals surface area contributed by atoms with Gasteiger partial charge in [-0.15, -0.1) is 0 Å². The number of aryl methyl sites for hydroxylation is 1. The molecule has 0 radical (unpaired) electrons. The van der Waals surface area contributed by atoms with E-state index in [0.29, 0.717) is 5.92 Å². The lowest BCUT2D eigenvalue weighted by Gasteiger charge is -2.47. The fourth-order valence-corrected chi connectivity index (χ4v) is 7.15. The highest BCUT2D eigenvalue weighted by molar-refractivity contribution is 5.73. The monoisotopic (exact) mass is 423 g/mol. The lowest BCUT2D eigenvalue weighted by atomic mass is 9.58. The summed E-state index contributed by atoms with van der Waals surface area (Å²) in [6.07, 6.45) is 6.52. The van der Waals surface area contributed by atoms with Crippen molar-refractivity contribution in [2.45, 2.75) is 63.5 Å². The van der Waals surface area contributed by atoms with Crippen LogP contribution in [-0.2, 0) is 5.41 Å². The van der Waals surface area contributed by atoms with E-state index >= 15 is 0 Å². The van der Waals surface area contributed by atoms with Crippen molar-refractivity contribution >= 4 is 11.4 Å². The van der Waals surface area contributed by atoms with Crippen LogP contribution in [0.25, 0.3) is 0 Å². The smallest absolute Gasteiger partial charge is 0.0911 e. The van der Waals surface area contributed by atoms with Gasteiger partial charge in [0.05, 0.1) is 14.1 Å². The van der Waals surface area contributed by atoms with E-state index in [1.165, 1.54) is 60.2 Å². The standard InChI is InChI=1S/C30H34N2/c1-22-13-9-11-19-27(22)31-21-32-28-20-12-10-18-26(28)30(29(32)23(31)2,24-14-5-3-6-15-24)25-16-7-4-8-17-25/h3,5-6,9-15,18-20,23,25,29H,4,7-8,16-17,21H2,1-2H3/t23-,29?,30?/m0/s1/i21D/t21?,23-,29?,30?. The van der Waals surface area contributed by atoms with E-state index in [-0.39, 0.29) is 17.5 Å². The summed E-state index contributed by atoms with van der Waals surface area (Å²) in [5.74, 6) is 0.594. The second-order valence-corrected chi connectivity index (χ2v) is 9.99. The number of hydrogen-bond donors (Lipinski definition) is 0. The Morgan fingerprint density at radius 3 is 2.19 bits per heavy atom. The first-order valence-electron chi connectivity index (χ1n) is 12.9. The summed E-state index contributed by atoms with van der Waals surface area (Å²) >= 11 is 0. The molecule has 3 unspecified atom stereocenters. The molecule has 0 aromatic heterocycles. The molecule has 2 heteroatoms. The van der Waals surface area contributed by atoms with Gasteiger partial charge in [-0.05, 0) is 61.4 Å². The van der Waals surface area contributed by atoms with Crippen molar-refractivity contribution in [3.8, 4) is 0 Å².